The minimum absolute atomic E-state index is 0.0146. The molecule has 0 amide bonds. The first-order chi connectivity index (χ1) is 8.63. The van der Waals surface area contributed by atoms with Crippen LogP contribution in [0.3, 0.4) is 0 Å². The number of aromatic nitrogens is 2. The van der Waals surface area contributed by atoms with Crippen LogP contribution in [0.15, 0.2) is 24.7 Å². The molecule has 0 aromatic carbocycles. The highest BCUT2D eigenvalue weighted by atomic mass is 35.5. The molecule has 2 heterocycles. The number of nitrogens with zero attached hydrogens (tertiary/aromatic N) is 4. The van der Waals surface area contributed by atoms with Crippen molar-refractivity contribution in [1.29, 1.82) is 0 Å². The summed E-state index contributed by atoms with van der Waals surface area (Å²) in [5.41, 5.74) is 0. The van der Waals surface area contributed by atoms with Gasteiger partial charge in [0.2, 0.25) is 5.28 Å². The second-order valence-electron chi connectivity index (χ2n) is 4.20. The third-order valence-electron chi connectivity index (χ3n) is 2.61. The van der Waals surface area contributed by atoms with Crippen molar-refractivity contribution in [3.05, 3.63) is 29.9 Å². The van der Waals surface area contributed by atoms with Gasteiger partial charge in [0.25, 0.3) is 0 Å². The molecular weight excluding hydrogens is 264 g/mol. The van der Waals surface area contributed by atoms with E-state index in [1.54, 1.807) is 6.07 Å². The first-order valence-corrected chi connectivity index (χ1v) is 5.57. The lowest BCUT2D eigenvalue weighted by Gasteiger charge is -2.41. The van der Waals surface area contributed by atoms with Crippen molar-refractivity contribution >= 4 is 41.0 Å². The zero-order valence-electron chi connectivity index (χ0n) is 9.86. The van der Waals surface area contributed by atoms with Crippen molar-refractivity contribution in [2.75, 3.05) is 11.4 Å². The minimum Gasteiger partial charge on any atom is -0.358 e. The maximum atomic E-state index is 9.50. The Hall–Kier alpha value is -1.18. The van der Waals surface area contributed by atoms with E-state index in [1.807, 2.05) is 0 Å². The van der Waals surface area contributed by atoms with Crippen LogP contribution in [0.2, 0.25) is 5.28 Å². The van der Waals surface area contributed by atoms with Gasteiger partial charge in [0.15, 0.2) is 13.7 Å². The van der Waals surface area contributed by atoms with Crippen LogP contribution in [-0.4, -0.2) is 66.3 Å². The van der Waals surface area contributed by atoms with Crippen molar-refractivity contribution in [3.63, 3.8) is 0 Å². The minimum atomic E-state index is -2.74. The molecule has 92 valence electrons. The van der Waals surface area contributed by atoms with E-state index in [2.05, 4.69) is 16.5 Å². The molecule has 1 saturated heterocycles. The van der Waals surface area contributed by atoms with E-state index >= 15 is 0 Å². The Morgan fingerprint density at radius 2 is 2.11 bits per heavy atom. The fourth-order valence-corrected chi connectivity index (χ4v) is 2.11. The highest BCUT2D eigenvalue weighted by Crippen LogP contribution is 2.34. The Balaban J connectivity index is 2.39. The standard InChI is InChI=1S/C9H8B3ClN4O2/c1-5-16(6-2-3-14-7(13)15-6)4-8(10,11)17(5)9(12,18)19/h2-3,18-19H,1,4H2. The topological polar surface area (TPSA) is 72.7 Å². The summed E-state index contributed by atoms with van der Waals surface area (Å²) in [5.74, 6) is -2.31. The molecule has 10 heteroatoms. The summed E-state index contributed by atoms with van der Waals surface area (Å²) < 4.78 is 0. The van der Waals surface area contributed by atoms with Crippen LogP contribution < -0.4 is 4.90 Å². The third-order valence-corrected chi connectivity index (χ3v) is 2.80. The Morgan fingerprint density at radius 3 is 2.58 bits per heavy atom. The fourth-order valence-electron chi connectivity index (χ4n) is 1.96. The van der Waals surface area contributed by atoms with Gasteiger partial charge in [0.1, 0.15) is 11.6 Å². The predicted octanol–water partition coefficient (Wildman–Crippen LogP) is -1.52. The van der Waals surface area contributed by atoms with Crippen LogP contribution in [-0.2, 0) is 0 Å². The largest absolute Gasteiger partial charge is 0.358 e. The molecule has 6 nitrogen and oxygen atoms in total. The van der Waals surface area contributed by atoms with Crippen molar-refractivity contribution in [2.24, 2.45) is 0 Å². The molecule has 0 unspecified atom stereocenters. The van der Waals surface area contributed by atoms with Gasteiger partial charge < -0.3 is 20.0 Å². The summed E-state index contributed by atoms with van der Waals surface area (Å²) in [4.78, 5) is 9.92. The average Bonchev–Trinajstić information content (AvgIpc) is 2.47. The molecule has 1 aromatic heterocycles. The maximum absolute atomic E-state index is 9.50. The van der Waals surface area contributed by atoms with Gasteiger partial charge in [-0.1, -0.05) is 6.58 Å². The SMILES string of the molecule is [B]C(O)(O)N1C(=C)N(c2ccnc(Cl)n2)CC1([B])[B]. The van der Waals surface area contributed by atoms with Gasteiger partial charge in [-0.2, -0.15) is 0 Å². The number of hydrogen-bond donors (Lipinski definition) is 2. The van der Waals surface area contributed by atoms with Crippen LogP contribution in [0.4, 0.5) is 5.82 Å². The normalized spacial score (nSPS) is 19.0. The van der Waals surface area contributed by atoms with Gasteiger partial charge in [-0.25, -0.2) is 9.97 Å². The zero-order chi connectivity index (χ0) is 14.4. The Bertz CT molecular complexity index is 522. The third kappa shape index (κ3) is 2.58. The van der Waals surface area contributed by atoms with E-state index in [0.717, 1.165) is 4.90 Å². The van der Waals surface area contributed by atoms with Gasteiger partial charge in [-0.15, -0.1) is 0 Å². The summed E-state index contributed by atoms with van der Waals surface area (Å²) in [6, 6.07) is 1.55. The lowest BCUT2D eigenvalue weighted by molar-refractivity contribution is -0.186. The lowest BCUT2D eigenvalue weighted by atomic mass is 9.60. The summed E-state index contributed by atoms with van der Waals surface area (Å²) in [6.07, 6.45) is 1.43. The molecule has 19 heavy (non-hydrogen) atoms. The van der Waals surface area contributed by atoms with Gasteiger partial charge >= 0.3 is 0 Å². The summed E-state index contributed by atoms with van der Waals surface area (Å²) in [6.45, 7) is 3.66. The Morgan fingerprint density at radius 1 is 1.47 bits per heavy atom. The average molecular weight is 272 g/mol. The molecule has 1 aromatic rings. The van der Waals surface area contributed by atoms with Crippen LogP contribution in [0.25, 0.3) is 0 Å². The van der Waals surface area contributed by atoms with Crippen molar-refractivity contribution < 1.29 is 10.2 Å². The molecule has 2 N–H and O–H groups in total. The summed E-state index contributed by atoms with van der Waals surface area (Å²) >= 11 is 5.69. The van der Waals surface area contributed by atoms with Crippen molar-refractivity contribution in [1.82, 2.24) is 14.9 Å². The number of rotatable bonds is 2. The monoisotopic (exact) mass is 272 g/mol. The van der Waals surface area contributed by atoms with E-state index in [1.165, 1.54) is 11.1 Å². The van der Waals surface area contributed by atoms with Crippen LogP contribution in [0.1, 0.15) is 0 Å². The first kappa shape index (κ1) is 14.2. The molecule has 0 bridgehead atoms. The molecule has 0 spiro atoms. The quantitative estimate of drug-likeness (QED) is 0.387. The number of halogens is 1. The van der Waals surface area contributed by atoms with Gasteiger partial charge in [0, 0.05) is 12.7 Å². The number of hydrogen-bond acceptors (Lipinski definition) is 6. The number of anilines is 1. The van der Waals surface area contributed by atoms with E-state index in [-0.39, 0.29) is 17.6 Å². The Kier molecular flexibility index (Phi) is 3.32. The van der Waals surface area contributed by atoms with Crippen molar-refractivity contribution in [2.45, 2.75) is 11.1 Å². The molecule has 0 aliphatic carbocycles. The summed E-state index contributed by atoms with van der Waals surface area (Å²) in [7, 11) is 16.8. The maximum Gasteiger partial charge on any atom is 0.224 e. The first-order valence-electron chi connectivity index (χ1n) is 5.19. The molecule has 2 rings (SSSR count). The van der Waals surface area contributed by atoms with Gasteiger partial charge in [-0.3, -0.25) is 0 Å². The highest BCUT2D eigenvalue weighted by Gasteiger charge is 2.46. The molecule has 1 aliphatic rings. The molecular formula is C9H8B3ClN4O2. The lowest BCUT2D eigenvalue weighted by Crippen LogP contribution is -2.59. The smallest absolute Gasteiger partial charge is 0.224 e. The van der Waals surface area contributed by atoms with Gasteiger partial charge in [-0.05, 0) is 23.0 Å². The fraction of sp³-hybridized carbons (Fsp3) is 0.333. The van der Waals surface area contributed by atoms with Gasteiger partial charge in [0.05, 0.1) is 15.7 Å². The van der Waals surface area contributed by atoms with Crippen LogP contribution in [0.5, 0.6) is 0 Å². The molecule has 1 fully saturated rings. The van der Waals surface area contributed by atoms with E-state index in [0.29, 0.717) is 5.82 Å². The van der Waals surface area contributed by atoms with Crippen LogP contribution in [0, 0.1) is 0 Å². The van der Waals surface area contributed by atoms with E-state index in [9.17, 15) is 10.2 Å². The number of aliphatic hydroxyl groups is 2. The molecule has 1 aliphatic heterocycles. The van der Waals surface area contributed by atoms with E-state index in [4.69, 9.17) is 35.1 Å². The second-order valence-corrected chi connectivity index (χ2v) is 4.54. The molecule has 6 radical (unpaired) electrons. The molecule has 0 saturated carbocycles. The summed E-state index contributed by atoms with van der Waals surface area (Å²) in [5, 5.41) is 17.4. The van der Waals surface area contributed by atoms with Crippen molar-refractivity contribution in [3.8, 4) is 0 Å². The Labute approximate surface area is 119 Å². The second kappa shape index (κ2) is 4.43. The van der Waals surface area contributed by atoms with Crippen LogP contribution >= 0.6 is 11.6 Å². The predicted molar refractivity (Wildman–Crippen MR) is 72.5 cm³/mol. The highest BCUT2D eigenvalue weighted by molar-refractivity contribution is 6.41. The zero-order valence-corrected chi connectivity index (χ0v) is 10.6. The molecule has 0 atom stereocenters. The van der Waals surface area contributed by atoms with E-state index < -0.39 is 11.1 Å².